The number of hydrogen-bond donors (Lipinski definition) is 0. The predicted octanol–water partition coefficient (Wildman–Crippen LogP) is 2.85. The molecular weight excluding hydrogens is 364 g/mol. The van der Waals surface area contributed by atoms with Crippen LogP contribution in [0.15, 0.2) is 53.8 Å². The fourth-order valence-corrected chi connectivity index (χ4v) is 3.81. The van der Waals surface area contributed by atoms with E-state index >= 15 is 0 Å². The van der Waals surface area contributed by atoms with Crippen molar-refractivity contribution in [1.82, 2.24) is 19.3 Å². The Bertz CT molecular complexity index is 1190. The van der Waals surface area contributed by atoms with Crippen LogP contribution in [-0.2, 0) is 18.4 Å². The van der Waals surface area contributed by atoms with Gasteiger partial charge in [0.1, 0.15) is 16.3 Å². The fourth-order valence-electron chi connectivity index (χ4n) is 2.77. The second-order valence-electron chi connectivity index (χ2n) is 6.10. The van der Waals surface area contributed by atoms with Gasteiger partial charge in [-0.25, -0.2) is 14.5 Å². The first-order valence-corrected chi connectivity index (χ1v) is 9.07. The van der Waals surface area contributed by atoms with Crippen LogP contribution in [0.5, 0.6) is 0 Å². The fraction of sp³-hybridized carbons (Fsp3) is 0.158. The number of benzene rings is 1. The molecule has 3 heterocycles. The van der Waals surface area contributed by atoms with Crippen molar-refractivity contribution in [3.05, 3.63) is 75.4 Å². The van der Waals surface area contributed by atoms with Crippen LogP contribution >= 0.6 is 11.3 Å². The van der Waals surface area contributed by atoms with E-state index in [0.717, 1.165) is 11.3 Å². The molecule has 0 aliphatic heterocycles. The number of thiophene rings is 1. The van der Waals surface area contributed by atoms with Crippen LogP contribution in [-0.4, -0.2) is 25.3 Å². The summed E-state index contributed by atoms with van der Waals surface area (Å²) in [7, 11) is 1.63. The number of nitrogens with zero attached hydrogens (tertiary/aromatic N) is 4. The van der Waals surface area contributed by atoms with E-state index in [1.54, 1.807) is 24.9 Å². The first-order chi connectivity index (χ1) is 13.0. The van der Waals surface area contributed by atoms with Crippen LogP contribution < -0.4 is 5.56 Å². The number of aromatic nitrogens is 4. The Morgan fingerprint density at radius 2 is 2.04 bits per heavy atom. The van der Waals surface area contributed by atoms with Gasteiger partial charge in [-0.05, 0) is 24.6 Å². The molecule has 0 amide bonds. The number of hydrogen-bond acceptors (Lipinski definition) is 6. The van der Waals surface area contributed by atoms with Crippen molar-refractivity contribution in [1.29, 1.82) is 0 Å². The summed E-state index contributed by atoms with van der Waals surface area (Å²) in [5.41, 5.74) is 2.14. The summed E-state index contributed by atoms with van der Waals surface area (Å²) >= 11 is 1.17. The van der Waals surface area contributed by atoms with Gasteiger partial charge in [-0.15, -0.1) is 11.3 Å². The van der Waals surface area contributed by atoms with Crippen molar-refractivity contribution in [2.75, 3.05) is 0 Å². The molecule has 0 saturated heterocycles. The Morgan fingerprint density at radius 1 is 1.26 bits per heavy atom. The number of fused-ring (bicyclic) bond motifs is 1. The molecule has 0 radical (unpaired) electrons. The molecule has 0 saturated carbocycles. The lowest BCUT2D eigenvalue weighted by molar-refractivity contribution is 0.0478. The molecule has 0 spiro atoms. The van der Waals surface area contributed by atoms with Gasteiger partial charge in [0, 0.05) is 18.8 Å². The van der Waals surface area contributed by atoms with Gasteiger partial charge in [0.05, 0.1) is 23.6 Å². The topological polar surface area (TPSA) is 79.0 Å². The standard InChI is InChI=1S/C19H16N4O3S/c1-12-15-17(20-11-22(2)18(15)24)27-16(12)19(25)26-10-13-8-21-23(9-13)14-6-4-3-5-7-14/h3-9,11H,10H2,1-2H3. The average molecular weight is 380 g/mol. The molecule has 0 atom stereocenters. The molecule has 1 aromatic carbocycles. The quantitative estimate of drug-likeness (QED) is 0.509. The molecule has 4 rings (SSSR count). The highest BCUT2D eigenvalue weighted by molar-refractivity contribution is 7.20. The number of aryl methyl sites for hydroxylation is 2. The molecule has 4 aromatic rings. The normalized spacial score (nSPS) is 11.0. The van der Waals surface area contributed by atoms with Gasteiger partial charge in [0.2, 0.25) is 0 Å². The predicted molar refractivity (Wildman–Crippen MR) is 102 cm³/mol. The molecule has 0 N–H and O–H groups in total. The summed E-state index contributed by atoms with van der Waals surface area (Å²) in [5.74, 6) is -0.468. The first kappa shape index (κ1) is 17.2. The summed E-state index contributed by atoms with van der Waals surface area (Å²) < 4.78 is 8.55. The van der Waals surface area contributed by atoms with E-state index in [-0.39, 0.29) is 12.2 Å². The van der Waals surface area contributed by atoms with Crippen molar-refractivity contribution >= 4 is 27.5 Å². The van der Waals surface area contributed by atoms with E-state index in [1.807, 2.05) is 36.5 Å². The molecule has 0 bridgehead atoms. The van der Waals surface area contributed by atoms with E-state index in [4.69, 9.17) is 4.74 Å². The van der Waals surface area contributed by atoms with Crippen molar-refractivity contribution in [3.63, 3.8) is 0 Å². The third kappa shape index (κ3) is 3.15. The highest BCUT2D eigenvalue weighted by atomic mass is 32.1. The number of carbonyl (C=O) groups excluding carboxylic acids is 1. The first-order valence-electron chi connectivity index (χ1n) is 8.25. The number of para-hydroxylation sites is 1. The lowest BCUT2D eigenvalue weighted by Gasteiger charge is -2.02. The zero-order chi connectivity index (χ0) is 19.0. The van der Waals surface area contributed by atoms with Crippen molar-refractivity contribution in [2.24, 2.45) is 7.05 Å². The molecule has 136 valence electrons. The smallest absolute Gasteiger partial charge is 0.349 e. The summed E-state index contributed by atoms with van der Waals surface area (Å²) in [6, 6.07) is 9.68. The third-order valence-corrected chi connectivity index (χ3v) is 5.40. The SMILES string of the molecule is Cc1c(C(=O)OCc2cnn(-c3ccccc3)c2)sc2ncn(C)c(=O)c12. The molecule has 3 aromatic heterocycles. The van der Waals surface area contributed by atoms with Gasteiger partial charge in [-0.1, -0.05) is 18.2 Å². The maximum atomic E-state index is 12.5. The van der Waals surface area contributed by atoms with E-state index in [2.05, 4.69) is 10.1 Å². The van der Waals surface area contributed by atoms with Crippen LogP contribution in [0.25, 0.3) is 15.9 Å². The number of carbonyl (C=O) groups is 1. The molecular formula is C19H16N4O3S. The summed E-state index contributed by atoms with van der Waals surface area (Å²) in [6.45, 7) is 1.84. The van der Waals surface area contributed by atoms with Crippen molar-refractivity contribution in [2.45, 2.75) is 13.5 Å². The Morgan fingerprint density at radius 3 is 2.81 bits per heavy atom. The molecule has 27 heavy (non-hydrogen) atoms. The minimum Gasteiger partial charge on any atom is -0.457 e. The Labute approximate surface area is 158 Å². The molecule has 0 unspecified atom stereocenters. The molecule has 7 nitrogen and oxygen atoms in total. The third-order valence-electron chi connectivity index (χ3n) is 4.22. The number of rotatable bonds is 4. The van der Waals surface area contributed by atoms with Gasteiger partial charge < -0.3 is 9.30 Å². The van der Waals surface area contributed by atoms with Crippen LogP contribution in [0.2, 0.25) is 0 Å². The Hall–Kier alpha value is -3.26. The van der Waals surface area contributed by atoms with Gasteiger partial charge >= 0.3 is 5.97 Å². The Kier molecular flexibility index (Phi) is 4.33. The van der Waals surface area contributed by atoms with Crippen LogP contribution in [0.1, 0.15) is 20.8 Å². The lowest BCUT2D eigenvalue weighted by Crippen LogP contribution is -2.16. The number of esters is 1. The van der Waals surface area contributed by atoms with E-state index < -0.39 is 5.97 Å². The highest BCUT2D eigenvalue weighted by Gasteiger charge is 2.20. The van der Waals surface area contributed by atoms with Crippen LogP contribution in [0, 0.1) is 6.92 Å². The minimum absolute atomic E-state index is 0.102. The van der Waals surface area contributed by atoms with Gasteiger partial charge in [0.15, 0.2) is 0 Å². The zero-order valence-corrected chi connectivity index (χ0v) is 15.6. The largest absolute Gasteiger partial charge is 0.457 e. The molecule has 8 heteroatoms. The van der Waals surface area contributed by atoms with E-state index in [0.29, 0.717) is 20.7 Å². The van der Waals surface area contributed by atoms with Gasteiger partial charge in [-0.2, -0.15) is 5.10 Å². The zero-order valence-electron chi connectivity index (χ0n) is 14.7. The number of ether oxygens (including phenoxy) is 1. The van der Waals surface area contributed by atoms with Crippen molar-refractivity contribution in [3.8, 4) is 5.69 Å². The van der Waals surface area contributed by atoms with E-state index in [1.165, 1.54) is 22.2 Å². The van der Waals surface area contributed by atoms with Gasteiger partial charge in [-0.3, -0.25) is 4.79 Å². The van der Waals surface area contributed by atoms with Gasteiger partial charge in [0.25, 0.3) is 5.56 Å². The summed E-state index contributed by atoms with van der Waals surface area (Å²) in [5, 5.41) is 4.75. The van der Waals surface area contributed by atoms with Crippen LogP contribution in [0.3, 0.4) is 0 Å². The Balaban J connectivity index is 1.53. The summed E-state index contributed by atoms with van der Waals surface area (Å²) in [4.78, 5) is 29.9. The highest BCUT2D eigenvalue weighted by Crippen LogP contribution is 2.27. The van der Waals surface area contributed by atoms with Crippen molar-refractivity contribution < 1.29 is 9.53 Å². The maximum Gasteiger partial charge on any atom is 0.349 e. The minimum atomic E-state index is -0.468. The van der Waals surface area contributed by atoms with Crippen LogP contribution in [0.4, 0.5) is 0 Å². The average Bonchev–Trinajstić information content (AvgIpc) is 3.29. The molecule has 0 aliphatic carbocycles. The van der Waals surface area contributed by atoms with E-state index in [9.17, 15) is 9.59 Å². The maximum absolute atomic E-state index is 12.5. The molecule has 0 fully saturated rings. The molecule has 0 aliphatic rings. The second-order valence-corrected chi connectivity index (χ2v) is 7.10. The second kappa shape index (κ2) is 6.81. The monoisotopic (exact) mass is 380 g/mol. The summed E-state index contributed by atoms with van der Waals surface area (Å²) in [6.07, 6.45) is 4.93. The lowest BCUT2D eigenvalue weighted by atomic mass is 10.2.